The molecule has 0 saturated carbocycles. The van der Waals surface area contributed by atoms with Gasteiger partial charge in [-0.3, -0.25) is 0 Å². The zero-order valence-corrected chi connectivity index (χ0v) is 13.4. The first-order chi connectivity index (χ1) is 8.89. The second-order valence-corrected chi connectivity index (χ2v) is 6.39. The number of rotatable bonds is 11. The fourth-order valence-corrected chi connectivity index (χ4v) is 2.02. The number of hydrogen-bond acceptors (Lipinski definition) is 2. The van der Waals surface area contributed by atoms with Crippen LogP contribution in [0.2, 0.25) is 0 Å². The smallest absolute Gasteiger partial charge is 0.333 e. The fourth-order valence-electron chi connectivity index (χ4n) is 2.02. The van der Waals surface area contributed by atoms with Crippen LogP contribution in [0.4, 0.5) is 0 Å². The third-order valence-electron chi connectivity index (χ3n) is 3.40. The predicted octanol–water partition coefficient (Wildman–Crippen LogP) is 5.27. The molecule has 0 fully saturated rings. The molecule has 0 spiro atoms. The quantitative estimate of drug-likeness (QED) is 0.290. The Labute approximate surface area is 119 Å². The average Bonchev–Trinajstić information content (AvgIpc) is 2.34. The van der Waals surface area contributed by atoms with Gasteiger partial charge in [-0.1, -0.05) is 72.3 Å². The van der Waals surface area contributed by atoms with Crippen LogP contribution in [-0.4, -0.2) is 12.6 Å². The van der Waals surface area contributed by atoms with E-state index in [4.69, 9.17) is 4.74 Å². The number of carbonyl (C=O) groups excluding carboxylic acids is 1. The van der Waals surface area contributed by atoms with Crippen LogP contribution in [0.3, 0.4) is 0 Å². The van der Waals surface area contributed by atoms with E-state index in [9.17, 15) is 4.79 Å². The molecular formula is C17H32O2. The molecule has 0 amide bonds. The Morgan fingerprint density at radius 1 is 1.05 bits per heavy atom. The number of esters is 1. The van der Waals surface area contributed by atoms with Crippen LogP contribution in [0, 0.1) is 5.41 Å². The molecule has 0 saturated heterocycles. The number of ether oxygens (including phenoxy) is 1. The molecule has 0 aromatic rings. The van der Waals surface area contributed by atoms with E-state index in [0.29, 0.717) is 12.2 Å². The maximum absolute atomic E-state index is 11.3. The average molecular weight is 268 g/mol. The molecule has 0 N–H and O–H groups in total. The molecule has 0 heterocycles. The van der Waals surface area contributed by atoms with Gasteiger partial charge in [0.25, 0.3) is 0 Å². The monoisotopic (exact) mass is 268 g/mol. The van der Waals surface area contributed by atoms with Gasteiger partial charge >= 0.3 is 5.97 Å². The van der Waals surface area contributed by atoms with Crippen LogP contribution in [0.15, 0.2) is 12.2 Å². The molecule has 0 aliphatic carbocycles. The number of carbonyl (C=O) groups is 1. The van der Waals surface area contributed by atoms with Crippen molar-refractivity contribution in [3.8, 4) is 0 Å². The third-order valence-corrected chi connectivity index (χ3v) is 3.40. The number of hydrogen-bond donors (Lipinski definition) is 0. The maximum Gasteiger partial charge on any atom is 0.333 e. The summed E-state index contributed by atoms with van der Waals surface area (Å²) in [4.78, 5) is 11.3. The molecule has 0 aliphatic heterocycles. The molecule has 0 aromatic carbocycles. The highest BCUT2D eigenvalue weighted by Gasteiger charge is 2.19. The Hall–Kier alpha value is -0.790. The second kappa shape index (κ2) is 10.1. The molecule has 2 nitrogen and oxygen atoms in total. The van der Waals surface area contributed by atoms with Crippen molar-refractivity contribution < 1.29 is 9.53 Å². The minimum absolute atomic E-state index is 0.0779. The Morgan fingerprint density at radius 3 is 2.11 bits per heavy atom. The van der Waals surface area contributed by atoms with Gasteiger partial charge in [-0.15, -0.1) is 0 Å². The lowest BCUT2D eigenvalue weighted by atomic mass is 9.87. The lowest BCUT2D eigenvalue weighted by molar-refractivity contribution is -0.142. The van der Waals surface area contributed by atoms with Crippen LogP contribution in [-0.2, 0) is 9.53 Å². The fraction of sp³-hybridized carbons (Fsp3) is 0.824. The van der Waals surface area contributed by atoms with E-state index in [1.807, 2.05) is 0 Å². The van der Waals surface area contributed by atoms with Crippen molar-refractivity contribution in [2.24, 2.45) is 5.41 Å². The molecule has 0 rings (SSSR count). The summed E-state index contributed by atoms with van der Waals surface area (Å²) in [6.07, 6.45) is 10.4. The van der Waals surface area contributed by atoms with E-state index < -0.39 is 0 Å². The predicted molar refractivity (Wildman–Crippen MR) is 82.2 cm³/mol. The molecule has 112 valence electrons. The van der Waals surface area contributed by atoms with E-state index in [1.54, 1.807) is 6.92 Å². The molecule has 0 aliphatic rings. The first kappa shape index (κ1) is 18.2. The van der Waals surface area contributed by atoms with Crippen LogP contribution >= 0.6 is 0 Å². The van der Waals surface area contributed by atoms with Gasteiger partial charge in [0.05, 0.1) is 6.61 Å². The van der Waals surface area contributed by atoms with Gasteiger partial charge < -0.3 is 4.74 Å². The molecule has 0 atom stereocenters. The minimum Gasteiger partial charge on any atom is -0.462 e. The summed E-state index contributed by atoms with van der Waals surface area (Å²) >= 11 is 0. The van der Waals surface area contributed by atoms with Gasteiger partial charge in [0.2, 0.25) is 0 Å². The van der Waals surface area contributed by atoms with E-state index in [1.165, 1.54) is 44.9 Å². The minimum atomic E-state index is -0.271. The maximum atomic E-state index is 11.3. The summed E-state index contributed by atoms with van der Waals surface area (Å²) < 4.78 is 5.24. The molecule has 0 unspecified atom stereocenters. The lowest BCUT2D eigenvalue weighted by Gasteiger charge is -2.24. The molecule has 19 heavy (non-hydrogen) atoms. The van der Waals surface area contributed by atoms with Crippen molar-refractivity contribution in [3.05, 3.63) is 12.2 Å². The van der Waals surface area contributed by atoms with E-state index >= 15 is 0 Å². The highest BCUT2D eigenvalue weighted by atomic mass is 16.5. The SMILES string of the molecule is C=C(C)C(=O)OCC(C)(C)CCCCCCCCC. The highest BCUT2D eigenvalue weighted by molar-refractivity contribution is 5.86. The Bertz CT molecular complexity index is 266. The summed E-state index contributed by atoms with van der Waals surface area (Å²) in [5.74, 6) is -0.271. The number of unbranched alkanes of at least 4 members (excludes halogenated alkanes) is 6. The Morgan fingerprint density at radius 2 is 1.58 bits per heavy atom. The van der Waals surface area contributed by atoms with Crippen molar-refractivity contribution in [3.63, 3.8) is 0 Å². The van der Waals surface area contributed by atoms with E-state index in [-0.39, 0.29) is 11.4 Å². The van der Waals surface area contributed by atoms with Crippen LogP contribution in [0.1, 0.15) is 79.1 Å². The van der Waals surface area contributed by atoms with Crippen molar-refractivity contribution in [2.45, 2.75) is 79.1 Å². The zero-order valence-electron chi connectivity index (χ0n) is 13.4. The second-order valence-electron chi connectivity index (χ2n) is 6.39. The van der Waals surface area contributed by atoms with Crippen molar-refractivity contribution in [1.29, 1.82) is 0 Å². The van der Waals surface area contributed by atoms with Gasteiger partial charge in [0.1, 0.15) is 0 Å². The first-order valence-electron chi connectivity index (χ1n) is 7.71. The van der Waals surface area contributed by atoms with Crippen molar-refractivity contribution >= 4 is 5.97 Å². The molecule has 0 radical (unpaired) electrons. The summed E-state index contributed by atoms with van der Waals surface area (Å²) in [6, 6.07) is 0. The van der Waals surface area contributed by atoms with Crippen LogP contribution in [0.25, 0.3) is 0 Å². The summed E-state index contributed by atoms with van der Waals surface area (Å²) in [5, 5.41) is 0. The van der Waals surface area contributed by atoms with E-state index in [0.717, 1.165) is 6.42 Å². The highest BCUT2D eigenvalue weighted by Crippen LogP contribution is 2.24. The third kappa shape index (κ3) is 10.8. The summed E-state index contributed by atoms with van der Waals surface area (Å²) in [5.41, 5.74) is 0.556. The van der Waals surface area contributed by atoms with Crippen molar-refractivity contribution in [2.75, 3.05) is 6.61 Å². The van der Waals surface area contributed by atoms with Crippen molar-refractivity contribution in [1.82, 2.24) is 0 Å². The Balaban J connectivity index is 3.61. The van der Waals surface area contributed by atoms with E-state index in [2.05, 4.69) is 27.4 Å². The Kier molecular flexibility index (Phi) is 9.63. The molecule has 2 heteroatoms. The standard InChI is InChI=1S/C17H32O2/c1-6-7-8-9-10-11-12-13-17(4,5)14-19-16(18)15(2)3/h2,6-14H2,1,3-5H3. The zero-order chi connectivity index (χ0) is 14.7. The summed E-state index contributed by atoms with van der Waals surface area (Å²) in [6.45, 7) is 12.3. The van der Waals surface area contributed by atoms with Gasteiger partial charge in [-0.25, -0.2) is 4.79 Å². The molecular weight excluding hydrogens is 236 g/mol. The lowest BCUT2D eigenvalue weighted by Crippen LogP contribution is -2.22. The van der Waals surface area contributed by atoms with Gasteiger partial charge in [-0.05, 0) is 18.8 Å². The topological polar surface area (TPSA) is 26.3 Å². The van der Waals surface area contributed by atoms with Crippen LogP contribution in [0.5, 0.6) is 0 Å². The summed E-state index contributed by atoms with van der Waals surface area (Å²) in [7, 11) is 0. The largest absolute Gasteiger partial charge is 0.462 e. The normalized spacial score (nSPS) is 11.4. The van der Waals surface area contributed by atoms with Gasteiger partial charge in [0.15, 0.2) is 0 Å². The molecule has 0 bridgehead atoms. The van der Waals surface area contributed by atoms with Gasteiger partial charge in [-0.2, -0.15) is 0 Å². The first-order valence-corrected chi connectivity index (χ1v) is 7.71. The van der Waals surface area contributed by atoms with Gasteiger partial charge in [0, 0.05) is 5.57 Å². The molecule has 0 aromatic heterocycles. The van der Waals surface area contributed by atoms with Crippen LogP contribution < -0.4 is 0 Å².